The number of carbonyl (C=O) groups is 2. The van der Waals surface area contributed by atoms with Crippen LogP contribution in [0.5, 0.6) is 5.75 Å². The van der Waals surface area contributed by atoms with Gasteiger partial charge in [0.2, 0.25) is 5.13 Å². The van der Waals surface area contributed by atoms with Gasteiger partial charge in [-0.3, -0.25) is 14.5 Å². The Hall–Kier alpha value is -2.79. The summed E-state index contributed by atoms with van der Waals surface area (Å²) in [7, 11) is 0. The van der Waals surface area contributed by atoms with Crippen molar-refractivity contribution in [1.82, 2.24) is 10.2 Å². The molecule has 4 aromatic rings. The van der Waals surface area contributed by atoms with Gasteiger partial charge in [0.15, 0.2) is 4.34 Å². The summed E-state index contributed by atoms with van der Waals surface area (Å²) in [5.74, 6) is -0.965. The Labute approximate surface area is 270 Å². The molecule has 1 fully saturated rings. The lowest BCUT2D eigenvalue weighted by Crippen LogP contribution is -2.29. The molecule has 7 nitrogen and oxygen atoms in total. The Kier molecular flexibility index (Phi) is 9.67. The zero-order chi connectivity index (χ0) is 30.0. The largest absolute Gasteiger partial charge is 0.507 e. The molecule has 2 heterocycles. The van der Waals surface area contributed by atoms with Gasteiger partial charge in [0.25, 0.3) is 5.78 Å². The molecular weight excluding hydrogens is 660 g/mol. The maximum absolute atomic E-state index is 13.5. The van der Waals surface area contributed by atoms with Crippen LogP contribution in [0.4, 0.5) is 5.13 Å². The fourth-order valence-corrected chi connectivity index (χ4v) is 6.98. The molecule has 1 aliphatic heterocycles. The Morgan fingerprint density at radius 3 is 2.43 bits per heavy atom. The molecule has 0 radical (unpaired) electrons. The van der Waals surface area contributed by atoms with E-state index in [1.165, 1.54) is 16.7 Å². The van der Waals surface area contributed by atoms with Crippen LogP contribution in [0, 0.1) is 0 Å². The number of Topliss-reactive ketones (excluding diaryl/α,β-unsaturated/α-hetero) is 1. The van der Waals surface area contributed by atoms with Gasteiger partial charge in [0, 0.05) is 21.4 Å². The molecule has 1 atom stereocenters. The number of amides is 1. The number of rotatable bonds is 9. The second-order valence-electron chi connectivity index (χ2n) is 9.09. The van der Waals surface area contributed by atoms with E-state index in [0.717, 1.165) is 23.3 Å². The Balaban J connectivity index is 1.52. The third-order valence-electron chi connectivity index (χ3n) is 6.27. The number of aliphatic hydroxyl groups is 1. The standard InChI is InChI=1S/C29H21Cl4N3O4S2/c1-2-11-40-19-8-4-15(5-9-19)25(37)23-24(16-6-10-20(31)22(33)12-16)36(27(39)26(23)38)28-34-35-29(42-28)41-14-17-3-7-18(30)13-21(17)32/h3-10,12-13,24,37H,2,11,14H2,1H3/b25-23-. The summed E-state index contributed by atoms with van der Waals surface area (Å²) in [6, 6.07) is 15.6. The van der Waals surface area contributed by atoms with Crippen molar-refractivity contribution in [3.05, 3.63) is 103 Å². The van der Waals surface area contributed by atoms with E-state index in [1.807, 2.05) is 13.0 Å². The monoisotopic (exact) mass is 679 g/mol. The van der Waals surface area contributed by atoms with E-state index in [2.05, 4.69) is 10.2 Å². The Morgan fingerprint density at radius 2 is 1.74 bits per heavy atom. The van der Waals surface area contributed by atoms with Crippen molar-refractivity contribution in [1.29, 1.82) is 0 Å². The topological polar surface area (TPSA) is 92.6 Å². The quantitative estimate of drug-likeness (QED) is 0.0621. The SMILES string of the molecule is CCCOc1ccc(/C(O)=C2/C(=O)C(=O)N(c3nnc(SCc4ccc(Cl)cc4Cl)s3)C2c2ccc(Cl)c(Cl)c2)cc1. The van der Waals surface area contributed by atoms with E-state index in [1.54, 1.807) is 54.6 Å². The van der Waals surface area contributed by atoms with Crippen LogP contribution in [0.2, 0.25) is 20.1 Å². The lowest BCUT2D eigenvalue weighted by molar-refractivity contribution is -0.132. The number of hydrogen-bond acceptors (Lipinski definition) is 8. The van der Waals surface area contributed by atoms with Crippen molar-refractivity contribution in [3.8, 4) is 5.75 Å². The molecule has 0 saturated carbocycles. The summed E-state index contributed by atoms with van der Waals surface area (Å²) in [5.41, 5.74) is 1.55. The summed E-state index contributed by atoms with van der Waals surface area (Å²) < 4.78 is 6.17. The molecule has 216 valence electrons. The molecule has 5 rings (SSSR count). The van der Waals surface area contributed by atoms with Crippen molar-refractivity contribution in [3.63, 3.8) is 0 Å². The predicted molar refractivity (Wildman–Crippen MR) is 169 cm³/mol. The van der Waals surface area contributed by atoms with E-state index in [9.17, 15) is 14.7 Å². The average Bonchev–Trinajstić information content (AvgIpc) is 3.54. The fourth-order valence-electron chi connectivity index (χ4n) is 4.25. The number of thioether (sulfide) groups is 1. The highest BCUT2D eigenvalue weighted by Crippen LogP contribution is 2.45. The number of aliphatic hydroxyl groups excluding tert-OH is 1. The molecule has 1 N–H and O–H groups in total. The summed E-state index contributed by atoms with van der Waals surface area (Å²) in [4.78, 5) is 28.2. The Morgan fingerprint density at radius 1 is 0.976 bits per heavy atom. The molecule has 1 amide bonds. The van der Waals surface area contributed by atoms with Crippen molar-refractivity contribution in [2.24, 2.45) is 0 Å². The number of aromatic nitrogens is 2. The molecule has 1 aliphatic rings. The zero-order valence-electron chi connectivity index (χ0n) is 21.8. The third-order valence-corrected chi connectivity index (χ3v) is 9.70. The predicted octanol–water partition coefficient (Wildman–Crippen LogP) is 8.86. The lowest BCUT2D eigenvalue weighted by atomic mass is 9.95. The second-order valence-corrected chi connectivity index (χ2v) is 12.9. The van der Waals surface area contributed by atoms with Crippen LogP contribution in [0.25, 0.3) is 5.76 Å². The lowest BCUT2D eigenvalue weighted by Gasteiger charge is -2.23. The third kappa shape index (κ3) is 6.41. The number of ether oxygens (including phenoxy) is 1. The van der Waals surface area contributed by atoms with E-state index >= 15 is 0 Å². The summed E-state index contributed by atoms with van der Waals surface area (Å²) in [5, 5.41) is 21.6. The number of anilines is 1. The molecule has 0 spiro atoms. The minimum atomic E-state index is -1.03. The highest BCUT2D eigenvalue weighted by molar-refractivity contribution is 8.00. The fraction of sp³-hybridized carbons (Fsp3) is 0.172. The first kappa shape index (κ1) is 30.7. The van der Waals surface area contributed by atoms with E-state index in [4.69, 9.17) is 51.1 Å². The van der Waals surface area contributed by atoms with Gasteiger partial charge in [-0.1, -0.05) is 88.6 Å². The van der Waals surface area contributed by atoms with Crippen LogP contribution in [0.3, 0.4) is 0 Å². The summed E-state index contributed by atoms with van der Waals surface area (Å²) in [6.45, 7) is 2.54. The van der Waals surface area contributed by atoms with Gasteiger partial charge < -0.3 is 9.84 Å². The van der Waals surface area contributed by atoms with Crippen LogP contribution in [0.15, 0.2) is 70.6 Å². The van der Waals surface area contributed by atoms with Crippen LogP contribution in [0.1, 0.15) is 36.1 Å². The van der Waals surface area contributed by atoms with Gasteiger partial charge in [0.05, 0.1) is 28.3 Å². The molecule has 1 saturated heterocycles. The van der Waals surface area contributed by atoms with Gasteiger partial charge in [-0.15, -0.1) is 10.2 Å². The van der Waals surface area contributed by atoms with Gasteiger partial charge in [-0.05, 0) is 66.1 Å². The zero-order valence-corrected chi connectivity index (χ0v) is 26.5. The van der Waals surface area contributed by atoms with Gasteiger partial charge in [0.1, 0.15) is 11.5 Å². The number of hydrogen-bond donors (Lipinski definition) is 1. The molecule has 1 unspecified atom stereocenters. The first-order valence-corrected chi connectivity index (χ1v) is 15.9. The number of carbonyl (C=O) groups excluding carboxylic acids is 2. The number of nitrogens with zero attached hydrogens (tertiary/aromatic N) is 3. The molecule has 1 aromatic heterocycles. The molecule has 0 aliphatic carbocycles. The van der Waals surface area contributed by atoms with Crippen molar-refractivity contribution in [2.75, 3.05) is 11.5 Å². The van der Waals surface area contributed by atoms with Gasteiger partial charge in [-0.2, -0.15) is 0 Å². The van der Waals surface area contributed by atoms with Crippen LogP contribution >= 0.6 is 69.5 Å². The molecule has 13 heteroatoms. The summed E-state index contributed by atoms with van der Waals surface area (Å²) in [6.07, 6.45) is 0.843. The van der Waals surface area contributed by atoms with E-state index in [-0.39, 0.29) is 21.5 Å². The maximum atomic E-state index is 13.5. The maximum Gasteiger partial charge on any atom is 0.301 e. The highest BCUT2D eigenvalue weighted by Gasteiger charge is 2.48. The summed E-state index contributed by atoms with van der Waals surface area (Å²) >= 11 is 27.3. The van der Waals surface area contributed by atoms with Crippen LogP contribution in [-0.4, -0.2) is 33.6 Å². The smallest absolute Gasteiger partial charge is 0.301 e. The molecule has 0 bridgehead atoms. The van der Waals surface area contributed by atoms with Crippen LogP contribution < -0.4 is 9.64 Å². The van der Waals surface area contributed by atoms with Crippen molar-refractivity contribution < 1.29 is 19.4 Å². The average molecular weight is 681 g/mol. The first-order chi connectivity index (χ1) is 20.2. The normalized spacial score (nSPS) is 16.3. The number of halogens is 4. The highest BCUT2D eigenvalue weighted by atomic mass is 35.5. The van der Waals surface area contributed by atoms with E-state index < -0.39 is 17.7 Å². The second kappa shape index (κ2) is 13.2. The van der Waals surface area contributed by atoms with Crippen molar-refractivity contribution >= 4 is 92.1 Å². The van der Waals surface area contributed by atoms with Crippen LogP contribution in [-0.2, 0) is 15.3 Å². The minimum absolute atomic E-state index is 0.113. The van der Waals surface area contributed by atoms with E-state index in [0.29, 0.717) is 48.6 Å². The first-order valence-electron chi connectivity index (χ1n) is 12.6. The molecule has 42 heavy (non-hydrogen) atoms. The minimum Gasteiger partial charge on any atom is -0.507 e. The molecule has 3 aromatic carbocycles. The van der Waals surface area contributed by atoms with Crippen molar-refractivity contribution in [2.45, 2.75) is 29.5 Å². The Bertz CT molecular complexity index is 1690. The number of ketones is 1. The number of benzene rings is 3. The van der Waals surface area contributed by atoms with Gasteiger partial charge in [-0.25, -0.2) is 0 Å². The van der Waals surface area contributed by atoms with Gasteiger partial charge >= 0.3 is 5.91 Å². The molecular formula is C29H21Cl4N3O4S2.